The number of rotatable bonds is 5. The third-order valence-electron chi connectivity index (χ3n) is 6.92. The molecule has 2 fully saturated rings. The molecular weight excluding hydrogens is 468 g/mol. The molecule has 1 N–H and O–H groups in total. The van der Waals surface area contributed by atoms with Gasteiger partial charge in [-0.2, -0.15) is 0 Å². The number of alkyl carbamates (subject to hydrolysis) is 1. The first-order valence-corrected chi connectivity index (χ1v) is 13.4. The number of benzene rings is 1. The zero-order valence-corrected chi connectivity index (χ0v) is 21.4. The van der Waals surface area contributed by atoms with Crippen LogP contribution < -0.4 is 10.1 Å². The second-order valence-electron chi connectivity index (χ2n) is 9.29. The number of fused-ring (bicyclic) bond motifs is 2. The Bertz CT molecular complexity index is 894. The number of carbonyl (C=O) groups is 2. The van der Waals surface area contributed by atoms with Gasteiger partial charge in [-0.25, -0.2) is 4.79 Å². The summed E-state index contributed by atoms with van der Waals surface area (Å²) >= 11 is 1.29. The minimum absolute atomic E-state index is 0.00386. The van der Waals surface area contributed by atoms with E-state index in [1.54, 1.807) is 14.2 Å². The van der Waals surface area contributed by atoms with Crippen LogP contribution in [0.25, 0.3) is 0 Å². The fourth-order valence-electron chi connectivity index (χ4n) is 5.08. The van der Waals surface area contributed by atoms with E-state index in [4.69, 9.17) is 18.9 Å². The summed E-state index contributed by atoms with van der Waals surface area (Å²) in [6.45, 7) is 0.839. The van der Waals surface area contributed by atoms with Crippen molar-refractivity contribution in [1.82, 2.24) is 10.2 Å². The van der Waals surface area contributed by atoms with Crippen molar-refractivity contribution in [3.05, 3.63) is 42.0 Å². The Hall–Kier alpha value is -2.23. The van der Waals surface area contributed by atoms with Gasteiger partial charge in [0.05, 0.1) is 25.9 Å². The largest absolute Gasteiger partial charge is 0.497 e. The van der Waals surface area contributed by atoms with Gasteiger partial charge in [0.25, 0.3) is 5.24 Å². The van der Waals surface area contributed by atoms with Crippen molar-refractivity contribution in [1.29, 1.82) is 0 Å². The predicted octanol–water partition coefficient (Wildman–Crippen LogP) is 4.87. The molecule has 8 nitrogen and oxygen atoms in total. The number of allylic oxidation sites excluding steroid dienone is 2. The average molecular weight is 505 g/mol. The highest BCUT2D eigenvalue weighted by atomic mass is 32.2. The molecule has 0 spiro atoms. The van der Waals surface area contributed by atoms with Gasteiger partial charge < -0.3 is 29.2 Å². The molecule has 2 amide bonds. The number of hydrogen-bond acceptors (Lipinski definition) is 7. The van der Waals surface area contributed by atoms with Crippen molar-refractivity contribution < 1.29 is 28.5 Å². The lowest BCUT2D eigenvalue weighted by Gasteiger charge is -2.48. The first kappa shape index (κ1) is 25.9. The molecule has 3 unspecified atom stereocenters. The quantitative estimate of drug-likeness (QED) is 0.573. The van der Waals surface area contributed by atoms with E-state index in [2.05, 4.69) is 17.5 Å². The van der Waals surface area contributed by atoms with Gasteiger partial charge >= 0.3 is 6.09 Å². The number of nitrogens with one attached hydrogen (secondary N) is 1. The predicted molar refractivity (Wildman–Crippen MR) is 135 cm³/mol. The summed E-state index contributed by atoms with van der Waals surface area (Å²) in [6, 6.07) is 7.28. The number of carbonyl (C=O) groups excluding carboxylic acids is 2. The Morgan fingerprint density at radius 2 is 1.91 bits per heavy atom. The fourth-order valence-corrected chi connectivity index (χ4v) is 6.17. The van der Waals surface area contributed by atoms with Gasteiger partial charge in [-0.05, 0) is 56.2 Å². The number of nitrogens with zero attached hydrogens (tertiary/aromatic N) is 1. The fraction of sp³-hybridized carbons (Fsp3) is 0.615. The third-order valence-corrected chi connectivity index (χ3v) is 7.88. The van der Waals surface area contributed by atoms with Crippen LogP contribution >= 0.6 is 11.8 Å². The second kappa shape index (κ2) is 12.1. The van der Waals surface area contributed by atoms with Crippen molar-refractivity contribution in [3.63, 3.8) is 0 Å². The lowest BCUT2D eigenvalue weighted by molar-refractivity contribution is -0.294. The van der Waals surface area contributed by atoms with E-state index >= 15 is 0 Å². The summed E-state index contributed by atoms with van der Waals surface area (Å²) in [7, 11) is 3.27. The van der Waals surface area contributed by atoms with Crippen LogP contribution in [0.15, 0.2) is 36.4 Å². The van der Waals surface area contributed by atoms with Crippen LogP contribution in [0, 0.1) is 0 Å². The highest BCUT2D eigenvalue weighted by Crippen LogP contribution is 2.42. The van der Waals surface area contributed by atoms with Crippen molar-refractivity contribution in [3.8, 4) is 5.75 Å². The molecular formula is C26H36N2O6S. The maximum atomic E-state index is 12.9. The van der Waals surface area contributed by atoms with Crippen LogP contribution in [0.3, 0.4) is 0 Å². The van der Waals surface area contributed by atoms with Gasteiger partial charge in [-0.1, -0.05) is 36.0 Å². The molecule has 3 aliphatic rings. The number of amides is 2. The van der Waals surface area contributed by atoms with Crippen molar-refractivity contribution in [2.75, 3.05) is 26.6 Å². The molecule has 0 radical (unpaired) electrons. The number of cyclic esters (lactones) is 1. The highest BCUT2D eigenvalue weighted by molar-refractivity contribution is 8.13. The average Bonchev–Trinajstić information content (AvgIpc) is 3.23. The van der Waals surface area contributed by atoms with Gasteiger partial charge in [-0.15, -0.1) is 0 Å². The molecule has 2 bridgehead atoms. The van der Waals surface area contributed by atoms with Crippen molar-refractivity contribution >= 4 is 23.1 Å². The van der Waals surface area contributed by atoms with E-state index in [1.807, 2.05) is 29.2 Å². The molecule has 3 heterocycles. The summed E-state index contributed by atoms with van der Waals surface area (Å²) in [5, 5.41) is 3.04. The lowest BCUT2D eigenvalue weighted by Crippen LogP contribution is -2.62. The summed E-state index contributed by atoms with van der Waals surface area (Å²) in [5.74, 6) is 0.323. The molecule has 35 heavy (non-hydrogen) atoms. The normalized spacial score (nSPS) is 30.3. The monoisotopic (exact) mass is 504 g/mol. The van der Waals surface area contributed by atoms with Crippen LogP contribution in [-0.4, -0.2) is 66.8 Å². The van der Waals surface area contributed by atoms with Gasteiger partial charge in [0, 0.05) is 31.9 Å². The zero-order valence-electron chi connectivity index (χ0n) is 20.6. The SMILES string of the molecule is COc1ccc(CN2C(=O)SC[C@H]2C2(OC)CC3CC(CCCC=CCCCOC(=O)N3)O2)cc1. The number of methoxy groups -OCH3 is 2. The van der Waals surface area contributed by atoms with Gasteiger partial charge in [0.1, 0.15) is 5.75 Å². The first-order valence-electron chi connectivity index (χ1n) is 12.4. The smallest absolute Gasteiger partial charge is 0.407 e. The summed E-state index contributed by atoms with van der Waals surface area (Å²) in [5.41, 5.74) is 1.00. The first-order chi connectivity index (χ1) is 17.0. The topological polar surface area (TPSA) is 86.3 Å². The lowest BCUT2D eigenvalue weighted by atomic mass is 9.89. The van der Waals surface area contributed by atoms with Crippen LogP contribution in [-0.2, 0) is 20.8 Å². The Labute approximate surface area is 211 Å². The van der Waals surface area contributed by atoms with E-state index < -0.39 is 11.9 Å². The van der Waals surface area contributed by atoms with E-state index in [-0.39, 0.29) is 23.4 Å². The highest BCUT2D eigenvalue weighted by Gasteiger charge is 2.53. The van der Waals surface area contributed by atoms with E-state index in [9.17, 15) is 9.59 Å². The van der Waals surface area contributed by atoms with Crippen LogP contribution in [0.2, 0.25) is 0 Å². The number of hydrogen-bond donors (Lipinski definition) is 1. The maximum Gasteiger partial charge on any atom is 0.407 e. The Morgan fingerprint density at radius 3 is 2.66 bits per heavy atom. The zero-order chi connectivity index (χ0) is 24.7. The Kier molecular flexibility index (Phi) is 8.97. The molecule has 0 saturated carbocycles. The van der Waals surface area contributed by atoms with Crippen LogP contribution in [0.5, 0.6) is 5.75 Å². The molecule has 0 aromatic heterocycles. The molecule has 4 rings (SSSR count). The van der Waals surface area contributed by atoms with Gasteiger partial charge in [0.15, 0.2) is 5.79 Å². The minimum Gasteiger partial charge on any atom is -0.497 e. The molecule has 0 aliphatic carbocycles. The molecule has 1 aromatic carbocycles. The molecule has 2 saturated heterocycles. The standard InChI is InChI=1S/C26H36N2O6S/c1-31-21-12-10-19(11-13-21)17-28-23(18-35-25(28)30)26(32-2)16-20-15-22(34-26)9-7-5-3-4-6-8-14-33-24(29)27-20/h3-4,10-13,20,22-23H,5-9,14-18H2,1-2H3,(H,27,29)/t20?,22?,23-,26?/m0/s1. The van der Waals surface area contributed by atoms with E-state index in [0.717, 1.165) is 43.4 Å². The molecule has 3 aliphatic heterocycles. The van der Waals surface area contributed by atoms with E-state index in [1.165, 1.54) is 11.8 Å². The Morgan fingerprint density at radius 1 is 1.14 bits per heavy atom. The minimum atomic E-state index is -1.01. The van der Waals surface area contributed by atoms with Crippen LogP contribution in [0.1, 0.15) is 50.5 Å². The number of ether oxygens (including phenoxy) is 4. The molecule has 192 valence electrons. The molecule has 4 atom stereocenters. The second-order valence-corrected chi connectivity index (χ2v) is 10.3. The third kappa shape index (κ3) is 6.51. The summed E-state index contributed by atoms with van der Waals surface area (Å²) in [6.07, 6.45) is 9.53. The summed E-state index contributed by atoms with van der Waals surface area (Å²) < 4.78 is 23.4. The Balaban J connectivity index is 1.55. The number of thioether (sulfide) groups is 1. The van der Waals surface area contributed by atoms with Crippen LogP contribution in [0.4, 0.5) is 9.59 Å². The van der Waals surface area contributed by atoms with Gasteiger partial charge in [-0.3, -0.25) is 4.79 Å². The molecule has 1 aromatic rings. The molecule has 9 heteroatoms. The van der Waals surface area contributed by atoms with E-state index in [0.29, 0.717) is 31.7 Å². The van der Waals surface area contributed by atoms with Crippen molar-refractivity contribution in [2.45, 2.75) is 75.5 Å². The van der Waals surface area contributed by atoms with Crippen molar-refractivity contribution in [2.24, 2.45) is 0 Å². The maximum absolute atomic E-state index is 12.9. The summed E-state index contributed by atoms with van der Waals surface area (Å²) in [4.78, 5) is 27.3. The van der Waals surface area contributed by atoms with Gasteiger partial charge in [0.2, 0.25) is 0 Å².